The van der Waals surface area contributed by atoms with Crippen LogP contribution in [-0.2, 0) is 0 Å². The van der Waals surface area contributed by atoms with Gasteiger partial charge >= 0.3 is 0 Å². The zero-order valence-electron chi connectivity index (χ0n) is 24.7. The molecule has 2 aromatic rings. The maximum atomic E-state index is 8.77. The highest BCUT2D eigenvalue weighted by Gasteiger charge is 2.41. The molecule has 0 amide bonds. The van der Waals surface area contributed by atoms with Crippen LogP contribution in [0.2, 0.25) is 0 Å². The van der Waals surface area contributed by atoms with Crippen molar-refractivity contribution in [2.75, 3.05) is 11.9 Å². The minimum atomic E-state index is 0.0678. The third kappa shape index (κ3) is 5.33. The van der Waals surface area contributed by atoms with Crippen molar-refractivity contribution in [1.82, 2.24) is 15.5 Å². The number of nitrogens with one attached hydrogen (secondary N) is 4. The first-order valence-corrected chi connectivity index (χ1v) is 15.4. The van der Waals surface area contributed by atoms with Crippen molar-refractivity contribution >= 4 is 17.0 Å². The molecule has 7 rings (SSSR count). The molecule has 0 saturated carbocycles. The Balaban J connectivity index is 1.14. The Kier molecular flexibility index (Phi) is 7.60. The molecular weight excluding hydrogens is 538 g/mol. The largest absolute Gasteiger partial charge is 0.385 e. The van der Waals surface area contributed by atoms with Gasteiger partial charge in [-0.25, -0.2) is 0 Å². The highest BCUT2D eigenvalue weighted by Crippen LogP contribution is 2.47. The molecule has 0 saturated heterocycles. The van der Waals surface area contributed by atoms with Crippen molar-refractivity contribution in [1.29, 1.82) is 5.41 Å². The lowest BCUT2D eigenvalue weighted by Gasteiger charge is -2.35. The molecule has 5 aliphatic rings. The highest BCUT2D eigenvalue weighted by molar-refractivity contribution is 6.06. The number of hydrogen-bond donors (Lipinski definition) is 4. The molecule has 3 heterocycles. The van der Waals surface area contributed by atoms with Gasteiger partial charge in [-0.3, -0.25) is 0 Å². The van der Waals surface area contributed by atoms with Gasteiger partial charge in [0.05, 0.1) is 17.8 Å². The highest BCUT2D eigenvalue weighted by atomic mass is 15.3. The molecule has 5 heteroatoms. The van der Waals surface area contributed by atoms with Gasteiger partial charge in [-0.05, 0) is 47.4 Å². The molecule has 3 aliphatic heterocycles. The van der Waals surface area contributed by atoms with E-state index < -0.39 is 0 Å². The van der Waals surface area contributed by atoms with Crippen LogP contribution in [0.25, 0.3) is 5.57 Å². The summed E-state index contributed by atoms with van der Waals surface area (Å²) >= 11 is 0. The molecule has 218 valence electrons. The van der Waals surface area contributed by atoms with Gasteiger partial charge in [0.15, 0.2) is 0 Å². The number of anilines is 1. The summed E-state index contributed by atoms with van der Waals surface area (Å²) in [5.41, 5.74) is 8.15. The van der Waals surface area contributed by atoms with E-state index in [-0.39, 0.29) is 23.9 Å². The monoisotopic (exact) mass is 575 g/mol. The van der Waals surface area contributed by atoms with Gasteiger partial charge in [0.1, 0.15) is 5.82 Å². The maximum Gasteiger partial charge on any atom is 0.107 e. The van der Waals surface area contributed by atoms with E-state index in [4.69, 9.17) is 5.41 Å². The lowest BCUT2D eigenvalue weighted by atomic mass is 9.84. The number of dihydropyridines is 1. The van der Waals surface area contributed by atoms with Crippen molar-refractivity contribution < 1.29 is 0 Å². The van der Waals surface area contributed by atoms with Crippen LogP contribution in [0.4, 0.5) is 5.69 Å². The van der Waals surface area contributed by atoms with Gasteiger partial charge in [-0.2, -0.15) is 0 Å². The number of nitrogens with zero attached hydrogens (tertiary/aromatic N) is 1. The summed E-state index contributed by atoms with van der Waals surface area (Å²) < 4.78 is 0. The van der Waals surface area contributed by atoms with E-state index in [1.807, 2.05) is 42.6 Å². The molecule has 0 aromatic heterocycles. The molecule has 0 fully saturated rings. The fraction of sp³-hybridized carbons (Fsp3) is 0.154. The first-order valence-electron chi connectivity index (χ1n) is 15.4. The quantitative estimate of drug-likeness (QED) is 0.261. The van der Waals surface area contributed by atoms with Gasteiger partial charge in [0.2, 0.25) is 0 Å². The first-order chi connectivity index (χ1) is 21.7. The SMILES string of the molecule is C=C1C2=C(/C=C\Nc3ccccc31)N(C1=CC=CC(CN/C(=C\C(=N)c3ccccc3)C3C=CC=CC3)N1)C1C=CC=CC21. The second-order valence-electron chi connectivity index (χ2n) is 11.6. The number of hydrogen-bond acceptors (Lipinski definition) is 5. The summed E-state index contributed by atoms with van der Waals surface area (Å²) in [5.74, 6) is 1.47. The van der Waals surface area contributed by atoms with Gasteiger partial charge in [-0.1, -0.05) is 116 Å². The van der Waals surface area contributed by atoms with E-state index in [0.717, 1.165) is 46.0 Å². The average Bonchev–Trinajstić information content (AvgIpc) is 3.40. The fourth-order valence-corrected chi connectivity index (χ4v) is 6.63. The summed E-state index contributed by atoms with van der Waals surface area (Å²) in [6, 6.07) is 18.5. The average molecular weight is 576 g/mol. The van der Waals surface area contributed by atoms with Crippen molar-refractivity contribution in [3.63, 3.8) is 0 Å². The van der Waals surface area contributed by atoms with Crippen LogP contribution in [0, 0.1) is 17.2 Å². The Labute approximate surface area is 260 Å². The molecule has 5 nitrogen and oxygen atoms in total. The van der Waals surface area contributed by atoms with Crippen LogP contribution >= 0.6 is 0 Å². The third-order valence-corrected chi connectivity index (χ3v) is 8.81. The van der Waals surface area contributed by atoms with Crippen LogP contribution in [0.1, 0.15) is 17.5 Å². The Hall–Kier alpha value is -5.29. The Morgan fingerprint density at radius 3 is 2.64 bits per heavy atom. The van der Waals surface area contributed by atoms with Gasteiger partial charge in [-0.15, -0.1) is 0 Å². The number of para-hydroxylation sites is 1. The number of rotatable bonds is 7. The predicted octanol–water partition coefficient (Wildman–Crippen LogP) is 7.36. The van der Waals surface area contributed by atoms with Gasteiger partial charge < -0.3 is 26.3 Å². The Morgan fingerprint density at radius 1 is 0.955 bits per heavy atom. The van der Waals surface area contributed by atoms with E-state index >= 15 is 0 Å². The Morgan fingerprint density at radius 2 is 1.77 bits per heavy atom. The lowest BCUT2D eigenvalue weighted by molar-refractivity contribution is 0.336. The third-order valence-electron chi connectivity index (χ3n) is 8.81. The molecule has 44 heavy (non-hydrogen) atoms. The summed E-state index contributed by atoms with van der Waals surface area (Å²) in [7, 11) is 0. The fourth-order valence-electron chi connectivity index (χ4n) is 6.63. The van der Waals surface area contributed by atoms with Crippen molar-refractivity contribution in [2.45, 2.75) is 18.5 Å². The molecule has 2 aliphatic carbocycles. The smallest absolute Gasteiger partial charge is 0.107 e. The minimum absolute atomic E-state index is 0.0678. The van der Waals surface area contributed by atoms with Crippen molar-refractivity contribution in [3.8, 4) is 0 Å². The maximum absolute atomic E-state index is 8.77. The standard InChI is InChI=1S/C39H37N5/c1-27-31-18-8-10-20-34(31)41-24-23-37-39(27)32-19-9-11-21-36(32)44(37)38-22-12-17-30(43-38)26-42-35(29-15-6-3-7-16-29)25-33(40)28-13-4-2-5-14-28/h2-15,17-25,29-30,32,36,40-43H,1,16,26H2/b24-23-,35-25-,40-33?. The lowest BCUT2D eigenvalue weighted by Crippen LogP contribution is -2.45. The van der Waals surface area contributed by atoms with E-state index in [2.05, 4.69) is 125 Å². The number of allylic oxidation sites excluding steroid dienone is 11. The first kappa shape index (κ1) is 27.5. The van der Waals surface area contributed by atoms with Crippen molar-refractivity contribution in [2.24, 2.45) is 11.8 Å². The van der Waals surface area contributed by atoms with Crippen LogP contribution in [0.5, 0.6) is 0 Å². The molecule has 4 N–H and O–H groups in total. The Bertz CT molecular complexity index is 1740. The molecule has 2 aromatic carbocycles. The predicted molar refractivity (Wildman–Crippen MR) is 183 cm³/mol. The summed E-state index contributed by atoms with van der Waals surface area (Å²) in [5, 5.41) is 19.8. The van der Waals surface area contributed by atoms with Crippen LogP contribution in [0.3, 0.4) is 0 Å². The van der Waals surface area contributed by atoms with Gasteiger partial charge in [0, 0.05) is 47.2 Å². The molecule has 0 bridgehead atoms. The molecule has 0 radical (unpaired) electrons. The summed E-state index contributed by atoms with van der Waals surface area (Å²) in [6.07, 6.45) is 31.2. The second-order valence-corrected chi connectivity index (χ2v) is 11.6. The number of benzene rings is 2. The normalized spacial score (nSPS) is 25.6. The van der Waals surface area contributed by atoms with Crippen LogP contribution < -0.4 is 16.0 Å². The molecule has 0 spiro atoms. The zero-order chi connectivity index (χ0) is 29.9. The van der Waals surface area contributed by atoms with E-state index in [0.29, 0.717) is 12.3 Å². The molecule has 4 unspecified atom stereocenters. The van der Waals surface area contributed by atoms with Gasteiger partial charge in [0.25, 0.3) is 0 Å². The topological polar surface area (TPSA) is 63.2 Å². The summed E-state index contributed by atoms with van der Waals surface area (Å²) in [4.78, 5) is 2.42. The second kappa shape index (κ2) is 12.1. The summed E-state index contributed by atoms with van der Waals surface area (Å²) in [6.45, 7) is 5.30. The van der Waals surface area contributed by atoms with E-state index in [1.54, 1.807) is 0 Å². The number of fused-ring (bicyclic) bond motifs is 3. The molecule has 4 atom stereocenters. The van der Waals surface area contributed by atoms with E-state index in [1.165, 1.54) is 5.57 Å². The minimum Gasteiger partial charge on any atom is -0.385 e. The van der Waals surface area contributed by atoms with Crippen molar-refractivity contribution in [3.05, 3.63) is 180 Å². The molecular formula is C39H37N5. The van der Waals surface area contributed by atoms with E-state index in [9.17, 15) is 0 Å². The van der Waals surface area contributed by atoms with Crippen LogP contribution in [-0.4, -0.2) is 29.2 Å². The zero-order valence-corrected chi connectivity index (χ0v) is 24.7. The van der Waals surface area contributed by atoms with Crippen LogP contribution in [0.15, 0.2) is 169 Å².